The molecule has 1 N–H and O–H groups in total. The lowest BCUT2D eigenvalue weighted by atomic mass is 10.1. The molecule has 8 nitrogen and oxygen atoms in total. The minimum absolute atomic E-state index is 0.0323. The summed E-state index contributed by atoms with van der Waals surface area (Å²) in [4.78, 5) is 14.8. The second-order valence-corrected chi connectivity index (χ2v) is 9.70. The smallest absolute Gasteiger partial charge is 0.255 e. The number of rotatable bonds is 10. The van der Waals surface area contributed by atoms with E-state index in [9.17, 15) is 13.2 Å². The summed E-state index contributed by atoms with van der Waals surface area (Å²) in [6.45, 7) is 3.31. The van der Waals surface area contributed by atoms with Crippen molar-refractivity contribution >= 4 is 15.9 Å². The fourth-order valence-electron chi connectivity index (χ4n) is 3.67. The molecule has 9 heteroatoms. The van der Waals surface area contributed by atoms with E-state index < -0.39 is 10.0 Å². The maximum absolute atomic E-state index is 12.7. The van der Waals surface area contributed by atoms with Crippen molar-refractivity contribution in [2.24, 2.45) is 0 Å². The highest BCUT2D eigenvalue weighted by Gasteiger charge is 2.26. The van der Waals surface area contributed by atoms with Crippen LogP contribution in [0.25, 0.3) is 0 Å². The molecule has 0 bridgehead atoms. The van der Waals surface area contributed by atoms with E-state index in [-0.39, 0.29) is 18.2 Å². The highest BCUT2D eigenvalue weighted by Crippen LogP contribution is 2.24. The van der Waals surface area contributed by atoms with Gasteiger partial charge in [-0.3, -0.25) is 4.79 Å². The van der Waals surface area contributed by atoms with Gasteiger partial charge in [-0.2, -0.15) is 4.31 Å². The van der Waals surface area contributed by atoms with E-state index >= 15 is 0 Å². The molecule has 174 valence electrons. The van der Waals surface area contributed by atoms with Gasteiger partial charge in [0.25, 0.3) is 5.91 Å². The number of ether oxygens (including phenoxy) is 2. The zero-order valence-corrected chi connectivity index (χ0v) is 19.4. The van der Waals surface area contributed by atoms with E-state index in [1.165, 1.54) is 24.1 Å². The molecular weight excluding hydrogens is 430 g/mol. The summed E-state index contributed by atoms with van der Waals surface area (Å²) in [6, 6.07) is 15.1. The van der Waals surface area contributed by atoms with Crippen LogP contribution in [0.15, 0.2) is 48.5 Å². The van der Waals surface area contributed by atoms with Gasteiger partial charge in [-0.1, -0.05) is 30.3 Å². The number of nitrogens with zero attached hydrogens (tertiary/aromatic N) is 2. The van der Waals surface area contributed by atoms with E-state index in [1.807, 2.05) is 18.2 Å². The summed E-state index contributed by atoms with van der Waals surface area (Å²) >= 11 is 0. The molecule has 1 aliphatic heterocycles. The van der Waals surface area contributed by atoms with Crippen LogP contribution in [-0.2, 0) is 16.4 Å². The minimum Gasteiger partial charge on any atom is -0.497 e. The molecule has 0 unspecified atom stereocenters. The standard InChI is InChI=1S/C23H31N3O5S/c1-30-20-8-9-21(22(18-20)31-2)23(27)24-11-17-32(28,29)26-15-13-25(14-16-26)12-10-19-6-4-3-5-7-19/h3-9,18H,10-17H2,1-2H3,(H,24,27). The molecule has 1 amide bonds. The third kappa shape index (κ3) is 6.44. The van der Waals surface area contributed by atoms with Crippen LogP contribution in [-0.4, -0.2) is 82.8 Å². The fourth-order valence-corrected chi connectivity index (χ4v) is 5.01. The predicted molar refractivity (Wildman–Crippen MR) is 124 cm³/mol. The lowest BCUT2D eigenvalue weighted by Crippen LogP contribution is -2.50. The van der Waals surface area contributed by atoms with Gasteiger partial charge in [0, 0.05) is 45.3 Å². The van der Waals surface area contributed by atoms with E-state index in [1.54, 1.807) is 18.2 Å². The summed E-state index contributed by atoms with van der Waals surface area (Å²) in [6.07, 6.45) is 0.953. The first-order valence-corrected chi connectivity index (χ1v) is 12.3. The lowest BCUT2D eigenvalue weighted by molar-refractivity contribution is 0.0953. The largest absolute Gasteiger partial charge is 0.497 e. The van der Waals surface area contributed by atoms with Gasteiger partial charge in [-0.15, -0.1) is 0 Å². The second-order valence-electron chi connectivity index (χ2n) is 7.61. The van der Waals surface area contributed by atoms with Gasteiger partial charge < -0.3 is 19.7 Å². The molecule has 0 aliphatic carbocycles. The highest BCUT2D eigenvalue weighted by molar-refractivity contribution is 7.89. The third-order valence-electron chi connectivity index (χ3n) is 5.58. The number of hydrogen-bond acceptors (Lipinski definition) is 6. The van der Waals surface area contributed by atoms with Crippen molar-refractivity contribution < 1.29 is 22.7 Å². The van der Waals surface area contributed by atoms with Gasteiger partial charge >= 0.3 is 0 Å². The molecule has 0 spiro atoms. The summed E-state index contributed by atoms with van der Waals surface area (Å²) < 4.78 is 37.3. The Hall–Kier alpha value is -2.62. The summed E-state index contributed by atoms with van der Waals surface area (Å²) in [5.74, 6) is 0.423. The third-order valence-corrected chi connectivity index (χ3v) is 7.46. The maximum Gasteiger partial charge on any atom is 0.255 e. The van der Waals surface area contributed by atoms with Crippen molar-refractivity contribution in [3.8, 4) is 11.5 Å². The Bertz CT molecular complexity index is 990. The molecule has 1 saturated heterocycles. The number of hydrogen-bond donors (Lipinski definition) is 1. The van der Waals surface area contributed by atoms with E-state index in [0.29, 0.717) is 43.2 Å². The number of carbonyl (C=O) groups excluding carboxylic acids is 1. The van der Waals surface area contributed by atoms with Crippen LogP contribution in [0, 0.1) is 0 Å². The van der Waals surface area contributed by atoms with Crippen LogP contribution in [0.1, 0.15) is 15.9 Å². The molecule has 3 rings (SSSR count). The van der Waals surface area contributed by atoms with Crippen molar-refractivity contribution in [2.75, 3.05) is 59.2 Å². The van der Waals surface area contributed by atoms with E-state index in [0.717, 1.165) is 13.0 Å². The van der Waals surface area contributed by atoms with Crippen LogP contribution in [0.4, 0.5) is 0 Å². The molecule has 2 aromatic rings. The van der Waals surface area contributed by atoms with Crippen molar-refractivity contribution in [3.05, 3.63) is 59.7 Å². The maximum atomic E-state index is 12.7. The molecule has 1 heterocycles. The minimum atomic E-state index is -3.44. The Morgan fingerprint density at radius 1 is 1.00 bits per heavy atom. The highest BCUT2D eigenvalue weighted by atomic mass is 32.2. The number of piperazine rings is 1. The quantitative estimate of drug-likeness (QED) is 0.579. The number of sulfonamides is 1. The number of methoxy groups -OCH3 is 2. The van der Waals surface area contributed by atoms with Gasteiger partial charge in [0.15, 0.2) is 0 Å². The molecule has 0 aromatic heterocycles. The van der Waals surface area contributed by atoms with Crippen LogP contribution in [0.2, 0.25) is 0 Å². The summed E-state index contributed by atoms with van der Waals surface area (Å²) in [5, 5.41) is 2.68. The molecule has 32 heavy (non-hydrogen) atoms. The van der Waals surface area contributed by atoms with Gasteiger partial charge in [0.2, 0.25) is 10.0 Å². The number of carbonyl (C=O) groups is 1. The molecule has 1 fully saturated rings. The first-order chi connectivity index (χ1) is 15.4. The zero-order chi connectivity index (χ0) is 23.0. The van der Waals surface area contributed by atoms with Crippen LogP contribution in [0.3, 0.4) is 0 Å². The van der Waals surface area contributed by atoms with Gasteiger partial charge in [0.05, 0.1) is 25.5 Å². The van der Waals surface area contributed by atoms with E-state index in [2.05, 4.69) is 22.3 Å². The van der Waals surface area contributed by atoms with Crippen molar-refractivity contribution in [3.63, 3.8) is 0 Å². The van der Waals surface area contributed by atoms with Crippen LogP contribution < -0.4 is 14.8 Å². The fraction of sp³-hybridized carbons (Fsp3) is 0.435. The van der Waals surface area contributed by atoms with E-state index in [4.69, 9.17) is 9.47 Å². The van der Waals surface area contributed by atoms with Crippen LogP contribution >= 0.6 is 0 Å². The second kappa shape index (κ2) is 11.3. The Kier molecular flexibility index (Phi) is 8.49. The summed E-state index contributed by atoms with van der Waals surface area (Å²) in [5.41, 5.74) is 1.62. The van der Waals surface area contributed by atoms with Gasteiger partial charge in [0.1, 0.15) is 11.5 Å². The molecule has 0 saturated carbocycles. The SMILES string of the molecule is COc1ccc(C(=O)NCCS(=O)(=O)N2CCN(CCc3ccccc3)CC2)c(OC)c1. The zero-order valence-electron chi connectivity index (χ0n) is 18.6. The normalized spacial score (nSPS) is 15.3. The Balaban J connectivity index is 1.44. The number of nitrogens with one attached hydrogen (secondary N) is 1. The summed E-state index contributed by atoms with van der Waals surface area (Å²) in [7, 11) is -0.439. The molecule has 0 radical (unpaired) electrons. The average molecular weight is 462 g/mol. The molecule has 0 atom stereocenters. The number of benzene rings is 2. The monoisotopic (exact) mass is 461 g/mol. The molecule has 1 aliphatic rings. The lowest BCUT2D eigenvalue weighted by Gasteiger charge is -2.34. The Morgan fingerprint density at radius 2 is 1.72 bits per heavy atom. The Morgan fingerprint density at radius 3 is 2.38 bits per heavy atom. The Labute approximate surface area is 190 Å². The average Bonchev–Trinajstić information content (AvgIpc) is 2.83. The predicted octanol–water partition coefficient (Wildman–Crippen LogP) is 1.62. The topological polar surface area (TPSA) is 88.2 Å². The van der Waals surface area contributed by atoms with Gasteiger partial charge in [-0.25, -0.2) is 8.42 Å². The van der Waals surface area contributed by atoms with Crippen molar-refractivity contribution in [2.45, 2.75) is 6.42 Å². The van der Waals surface area contributed by atoms with Gasteiger partial charge in [-0.05, 0) is 24.1 Å². The first kappa shape index (κ1) is 24.0. The van der Waals surface area contributed by atoms with Crippen molar-refractivity contribution in [1.82, 2.24) is 14.5 Å². The molecule has 2 aromatic carbocycles. The first-order valence-electron chi connectivity index (χ1n) is 10.7. The van der Waals surface area contributed by atoms with Crippen LogP contribution in [0.5, 0.6) is 11.5 Å². The molecular formula is C23H31N3O5S. The number of amides is 1. The van der Waals surface area contributed by atoms with Crippen molar-refractivity contribution in [1.29, 1.82) is 0 Å².